The molecule has 6 nitrogen and oxygen atoms in total. The number of Topliss-reactive ketones (excluding diaryl/α,β-unsaturated/α-hetero) is 1. The second-order valence-electron chi connectivity index (χ2n) is 11.1. The van der Waals surface area contributed by atoms with Gasteiger partial charge in [0.1, 0.15) is 18.1 Å². The zero-order chi connectivity index (χ0) is 27.5. The van der Waals surface area contributed by atoms with E-state index in [1.165, 1.54) is 44.9 Å². The molecule has 0 saturated carbocycles. The standard InChI is InChI=1S/C32H43NO5/c1-5-6-7-8-9-10-11-12-19-37-27-14-16-28(17-15-27)38-23-26(34)22-33-29-18-13-24(31(35)36)20-25(29)21-30(33)32(2,3)4/h13-18,20-21H,5-12,19,22-23H2,1-4H3,(H,35,36). The van der Waals surface area contributed by atoms with Crippen LogP contribution in [0.2, 0.25) is 0 Å². The van der Waals surface area contributed by atoms with Gasteiger partial charge in [0, 0.05) is 22.0 Å². The van der Waals surface area contributed by atoms with Crippen molar-refractivity contribution in [3.05, 3.63) is 59.8 Å². The van der Waals surface area contributed by atoms with Gasteiger partial charge in [-0.2, -0.15) is 0 Å². The van der Waals surface area contributed by atoms with Gasteiger partial charge in [-0.3, -0.25) is 4.79 Å². The zero-order valence-electron chi connectivity index (χ0n) is 23.4. The van der Waals surface area contributed by atoms with E-state index in [0.717, 1.165) is 28.8 Å². The summed E-state index contributed by atoms with van der Waals surface area (Å²) in [5.41, 5.74) is 1.83. The van der Waals surface area contributed by atoms with Crippen LogP contribution in [0.15, 0.2) is 48.5 Å². The highest BCUT2D eigenvalue weighted by Gasteiger charge is 2.23. The summed E-state index contributed by atoms with van der Waals surface area (Å²) in [6, 6.07) is 14.4. The van der Waals surface area contributed by atoms with Gasteiger partial charge >= 0.3 is 5.97 Å². The predicted octanol–water partition coefficient (Wildman–Crippen LogP) is 7.80. The van der Waals surface area contributed by atoms with Gasteiger partial charge in [0.05, 0.1) is 18.7 Å². The summed E-state index contributed by atoms with van der Waals surface area (Å²) < 4.78 is 13.6. The fourth-order valence-electron chi connectivity index (χ4n) is 4.64. The van der Waals surface area contributed by atoms with Gasteiger partial charge in [-0.1, -0.05) is 72.6 Å². The Balaban J connectivity index is 1.48. The van der Waals surface area contributed by atoms with E-state index < -0.39 is 5.97 Å². The van der Waals surface area contributed by atoms with Gasteiger partial charge in [0.15, 0.2) is 5.78 Å². The number of carbonyl (C=O) groups is 2. The van der Waals surface area contributed by atoms with Crippen molar-refractivity contribution in [3.63, 3.8) is 0 Å². The van der Waals surface area contributed by atoms with Crippen LogP contribution >= 0.6 is 0 Å². The summed E-state index contributed by atoms with van der Waals surface area (Å²) in [5, 5.41) is 10.2. The fourth-order valence-corrected chi connectivity index (χ4v) is 4.64. The Morgan fingerprint density at radius 1 is 0.816 bits per heavy atom. The van der Waals surface area contributed by atoms with Crippen molar-refractivity contribution in [2.24, 2.45) is 0 Å². The molecule has 1 aromatic heterocycles. The minimum absolute atomic E-state index is 0.0467. The maximum atomic E-state index is 12.9. The quantitative estimate of drug-likeness (QED) is 0.195. The molecule has 206 valence electrons. The Hall–Kier alpha value is -3.28. The second kappa shape index (κ2) is 14.0. The lowest BCUT2D eigenvalue weighted by Crippen LogP contribution is -2.23. The Labute approximate surface area is 227 Å². The molecule has 38 heavy (non-hydrogen) atoms. The zero-order valence-corrected chi connectivity index (χ0v) is 23.4. The lowest BCUT2D eigenvalue weighted by Gasteiger charge is -2.22. The van der Waals surface area contributed by atoms with E-state index in [2.05, 4.69) is 27.7 Å². The normalized spacial score (nSPS) is 11.6. The minimum Gasteiger partial charge on any atom is -0.494 e. The van der Waals surface area contributed by atoms with Crippen molar-refractivity contribution in [2.45, 2.75) is 91.0 Å². The molecule has 0 aliphatic heterocycles. The third-order valence-corrected chi connectivity index (χ3v) is 6.74. The highest BCUT2D eigenvalue weighted by molar-refractivity contribution is 5.94. The van der Waals surface area contributed by atoms with Gasteiger partial charge in [-0.05, 0) is 55.0 Å². The largest absolute Gasteiger partial charge is 0.494 e. The maximum absolute atomic E-state index is 12.9. The van der Waals surface area contributed by atoms with E-state index in [-0.39, 0.29) is 29.9 Å². The number of hydrogen-bond acceptors (Lipinski definition) is 4. The molecule has 1 heterocycles. The second-order valence-corrected chi connectivity index (χ2v) is 11.1. The molecule has 2 aromatic carbocycles. The van der Waals surface area contributed by atoms with Crippen molar-refractivity contribution in [1.82, 2.24) is 4.57 Å². The Morgan fingerprint density at radius 2 is 1.42 bits per heavy atom. The molecule has 0 amide bonds. The number of aromatic nitrogens is 1. The molecule has 0 saturated heterocycles. The van der Waals surface area contributed by atoms with Crippen molar-refractivity contribution < 1.29 is 24.2 Å². The van der Waals surface area contributed by atoms with Gasteiger partial charge in [-0.25, -0.2) is 4.79 Å². The maximum Gasteiger partial charge on any atom is 0.335 e. The fraction of sp³-hybridized carbons (Fsp3) is 0.500. The number of fused-ring (bicyclic) bond motifs is 1. The Morgan fingerprint density at radius 3 is 2.03 bits per heavy atom. The van der Waals surface area contributed by atoms with Crippen LogP contribution < -0.4 is 9.47 Å². The van der Waals surface area contributed by atoms with Gasteiger partial charge in [0.25, 0.3) is 0 Å². The predicted molar refractivity (Wildman–Crippen MR) is 153 cm³/mol. The molecule has 0 radical (unpaired) electrons. The van der Waals surface area contributed by atoms with E-state index in [1.807, 2.05) is 34.9 Å². The van der Waals surface area contributed by atoms with Crippen LogP contribution in [0.4, 0.5) is 0 Å². The third-order valence-electron chi connectivity index (χ3n) is 6.74. The summed E-state index contributed by atoms with van der Waals surface area (Å²) in [6.45, 7) is 9.30. The van der Waals surface area contributed by atoms with E-state index >= 15 is 0 Å². The van der Waals surface area contributed by atoms with Crippen LogP contribution in [0.1, 0.15) is 95.1 Å². The molecule has 6 heteroatoms. The Bertz CT molecular complexity index is 1190. The number of ether oxygens (including phenoxy) is 2. The summed E-state index contributed by atoms with van der Waals surface area (Å²) in [5.74, 6) is 0.398. The number of unbranched alkanes of at least 4 members (excludes halogenated alkanes) is 7. The lowest BCUT2D eigenvalue weighted by molar-refractivity contribution is -0.121. The van der Waals surface area contributed by atoms with E-state index in [0.29, 0.717) is 12.4 Å². The number of carboxylic acids is 1. The first-order valence-electron chi connectivity index (χ1n) is 13.9. The smallest absolute Gasteiger partial charge is 0.335 e. The lowest BCUT2D eigenvalue weighted by atomic mass is 9.92. The highest BCUT2D eigenvalue weighted by atomic mass is 16.5. The monoisotopic (exact) mass is 521 g/mol. The number of aromatic carboxylic acids is 1. The number of nitrogens with zero attached hydrogens (tertiary/aromatic N) is 1. The Kier molecular flexibility index (Phi) is 10.8. The number of hydrogen-bond donors (Lipinski definition) is 1. The summed E-state index contributed by atoms with van der Waals surface area (Å²) in [6.07, 6.45) is 10.2. The SMILES string of the molecule is CCCCCCCCCCOc1ccc(OCC(=O)Cn2c(C(C)(C)C)cc3cc(C(=O)O)ccc32)cc1. The summed E-state index contributed by atoms with van der Waals surface area (Å²) in [4.78, 5) is 24.3. The third kappa shape index (κ3) is 8.64. The van der Waals surface area contributed by atoms with Crippen molar-refractivity contribution in [1.29, 1.82) is 0 Å². The van der Waals surface area contributed by atoms with Gasteiger partial charge in [-0.15, -0.1) is 0 Å². The number of rotatable bonds is 16. The molecule has 0 bridgehead atoms. The molecular weight excluding hydrogens is 478 g/mol. The van der Waals surface area contributed by atoms with Gasteiger partial charge < -0.3 is 19.1 Å². The molecule has 0 atom stereocenters. The molecule has 3 rings (SSSR count). The van der Waals surface area contributed by atoms with Crippen molar-refractivity contribution in [2.75, 3.05) is 13.2 Å². The topological polar surface area (TPSA) is 77.8 Å². The van der Waals surface area contributed by atoms with E-state index in [9.17, 15) is 14.7 Å². The minimum atomic E-state index is -0.967. The summed E-state index contributed by atoms with van der Waals surface area (Å²) in [7, 11) is 0. The molecule has 3 aromatic rings. The number of ketones is 1. The molecule has 0 aliphatic rings. The van der Waals surface area contributed by atoms with E-state index in [1.54, 1.807) is 18.2 Å². The average Bonchev–Trinajstić information content (AvgIpc) is 3.25. The molecular formula is C32H43NO5. The first-order chi connectivity index (χ1) is 18.2. The van der Waals surface area contributed by atoms with Crippen LogP contribution in [0.5, 0.6) is 11.5 Å². The van der Waals surface area contributed by atoms with Crippen LogP contribution in [-0.4, -0.2) is 34.6 Å². The first-order valence-corrected chi connectivity index (χ1v) is 13.9. The van der Waals surface area contributed by atoms with Gasteiger partial charge in [0.2, 0.25) is 0 Å². The molecule has 0 unspecified atom stereocenters. The van der Waals surface area contributed by atoms with Crippen LogP contribution in [0.3, 0.4) is 0 Å². The van der Waals surface area contributed by atoms with Crippen molar-refractivity contribution >= 4 is 22.7 Å². The number of benzene rings is 2. The molecule has 0 aliphatic carbocycles. The number of carboxylic acid groups (broad SMARTS) is 1. The average molecular weight is 522 g/mol. The molecule has 1 N–H and O–H groups in total. The van der Waals surface area contributed by atoms with E-state index in [4.69, 9.17) is 9.47 Å². The number of carbonyl (C=O) groups excluding carboxylic acids is 1. The van der Waals surface area contributed by atoms with Crippen LogP contribution in [0, 0.1) is 0 Å². The first kappa shape index (κ1) is 29.3. The molecule has 0 spiro atoms. The highest BCUT2D eigenvalue weighted by Crippen LogP contribution is 2.30. The summed E-state index contributed by atoms with van der Waals surface area (Å²) >= 11 is 0. The molecule has 0 fully saturated rings. The van der Waals surface area contributed by atoms with Crippen LogP contribution in [0.25, 0.3) is 10.9 Å². The van der Waals surface area contributed by atoms with Crippen LogP contribution in [-0.2, 0) is 16.8 Å². The van der Waals surface area contributed by atoms with Crippen molar-refractivity contribution in [3.8, 4) is 11.5 Å².